The highest BCUT2D eigenvalue weighted by molar-refractivity contribution is 6.37. The van der Waals surface area contributed by atoms with E-state index in [1.165, 1.54) is 0 Å². The van der Waals surface area contributed by atoms with Crippen LogP contribution in [0.5, 0.6) is 0 Å². The summed E-state index contributed by atoms with van der Waals surface area (Å²) in [6.07, 6.45) is 2.23. The molecule has 0 aliphatic heterocycles. The standard InChI is InChI=1S/C8H4Cl2N2O/c9-4-2-11-5-1-7(10)12-6(3-13)8(4)5/h1-3,11H. The van der Waals surface area contributed by atoms with Crippen LogP contribution in [0, 0.1) is 0 Å². The van der Waals surface area contributed by atoms with Crippen LogP contribution < -0.4 is 0 Å². The fourth-order valence-corrected chi connectivity index (χ4v) is 1.65. The summed E-state index contributed by atoms with van der Waals surface area (Å²) in [5.41, 5.74) is 0.973. The lowest BCUT2D eigenvalue weighted by Crippen LogP contribution is -1.88. The summed E-state index contributed by atoms with van der Waals surface area (Å²) in [4.78, 5) is 17.4. The van der Waals surface area contributed by atoms with Gasteiger partial charge >= 0.3 is 0 Å². The molecule has 0 atom stereocenters. The molecule has 0 bridgehead atoms. The van der Waals surface area contributed by atoms with Crippen LogP contribution >= 0.6 is 23.2 Å². The Labute approximate surface area is 83.7 Å². The van der Waals surface area contributed by atoms with Gasteiger partial charge in [-0.1, -0.05) is 23.2 Å². The fourth-order valence-electron chi connectivity index (χ4n) is 1.20. The van der Waals surface area contributed by atoms with Gasteiger partial charge in [0.05, 0.1) is 10.5 Å². The quantitative estimate of drug-likeness (QED) is 0.587. The number of nitrogens with zero attached hydrogens (tertiary/aromatic N) is 1. The van der Waals surface area contributed by atoms with Crippen LogP contribution in [-0.2, 0) is 0 Å². The first-order chi connectivity index (χ1) is 6.22. The molecule has 0 aliphatic rings. The van der Waals surface area contributed by atoms with Gasteiger partial charge in [0, 0.05) is 11.6 Å². The molecule has 0 fully saturated rings. The number of nitrogens with one attached hydrogen (secondary N) is 1. The number of aromatic amines is 1. The van der Waals surface area contributed by atoms with E-state index in [2.05, 4.69) is 9.97 Å². The Balaban J connectivity index is 2.92. The number of H-pyrrole nitrogens is 1. The maximum Gasteiger partial charge on any atom is 0.169 e. The van der Waals surface area contributed by atoms with E-state index in [-0.39, 0.29) is 10.8 Å². The molecule has 3 nitrogen and oxygen atoms in total. The second-order valence-corrected chi connectivity index (χ2v) is 3.30. The summed E-state index contributed by atoms with van der Waals surface area (Å²) < 4.78 is 0. The minimum Gasteiger partial charge on any atom is -0.360 e. The van der Waals surface area contributed by atoms with Crippen LogP contribution in [0.15, 0.2) is 12.3 Å². The van der Waals surface area contributed by atoms with Crippen molar-refractivity contribution in [1.29, 1.82) is 0 Å². The fraction of sp³-hybridized carbons (Fsp3) is 0. The second-order valence-electron chi connectivity index (χ2n) is 2.51. The molecule has 0 saturated heterocycles. The van der Waals surface area contributed by atoms with E-state index in [9.17, 15) is 4.79 Å². The second kappa shape index (κ2) is 3.01. The van der Waals surface area contributed by atoms with E-state index >= 15 is 0 Å². The van der Waals surface area contributed by atoms with E-state index < -0.39 is 0 Å². The zero-order valence-electron chi connectivity index (χ0n) is 6.34. The number of hydrogen-bond acceptors (Lipinski definition) is 2. The maximum absolute atomic E-state index is 10.6. The minimum absolute atomic E-state index is 0.258. The number of aldehydes is 1. The lowest BCUT2D eigenvalue weighted by Gasteiger charge is -1.95. The predicted octanol–water partition coefficient (Wildman–Crippen LogP) is 2.68. The molecular formula is C8H4Cl2N2O. The predicted molar refractivity (Wildman–Crippen MR) is 51.5 cm³/mol. The number of aromatic nitrogens is 2. The maximum atomic E-state index is 10.6. The first-order valence-corrected chi connectivity index (χ1v) is 4.26. The van der Waals surface area contributed by atoms with Crippen LogP contribution in [-0.4, -0.2) is 16.3 Å². The Morgan fingerprint density at radius 1 is 1.46 bits per heavy atom. The molecule has 1 N–H and O–H groups in total. The third-order valence-electron chi connectivity index (χ3n) is 1.72. The number of carbonyl (C=O) groups excluding carboxylic acids is 1. The Bertz CT molecular complexity index is 478. The highest BCUT2D eigenvalue weighted by atomic mass is 35.5. The first kappa shape index (κ1) is 8.53. The van der Waals surface area contributed by atoms with Crippen LogP contribution in [0.4, 0.5) is 0 Å². The zero-order valence-corrected chi connectivity index (χ0v) is 7.86. The molecule has 0 saturated carbocycles. The molecule has 2 aromatic heterocycles. The van der Waals surface area contributed by atoms with Crippen LogP contribution in [0.3, 0.4) is 0 Å². The van der Waals surface area contributed by atoms with Gasteiger partial charge in [0.2, 0.25) is 0 Å². The molecule has 0 spiro atoms. The molecule has 0 aliphatic carbocycles. The summed E-state index contributed by atoms with van der Waals surface area (Å²) in [6, 6.07) is 1.62. The summed E-state index contributed by atoms with van der Waals surface area (Å²) in [5, 5.41) is 1.36. The van der Waals surface area contributed by atoms with Gasteiger partial charge in [0.25, 0.3) is 0 Å². The molecule has 0 unspecified atom stereocenters. The van der Waals surface area contributed by atoms with Gasteiger partial charge in [-0.25, -0.2) is 4.98 Å². The van der Waals surface area contributed by atoms with Crippen molar-refractivity contribution in [3.63, 3.8) is 0 Å². The molecule has 0 radical (unpaired) electrons. The van der Waals surface area contributed by atoms with Gasteiger partial charge in [0.15, 0.2) is 6.29 Å². The average molecular weight is 215 g/mol. The van der Waals surface area contributed by atoms with Gasteiger partial charge in [-0.05, 0) is 6.07 Å². The number of halogens is 2. The van der Waals surface area contributed by atoms with Crippen molar-refractivity contribution in [1.82, 2.24) is 9.97 Å². The molecule has 5 heteroatoms. The number of fused-ring (bicyclic) bond motifs is 1. The number of rotatable bonds is 1. The molecule has 2 heterocycles. The molecular weight excluding hydrogens is 211 g/mol. The Hall–Kier alpha value is -1.06. The number of hydrogen-bond donors (Lipinski definition) is 1. The topological polar surface area (TPSA) is 45.8 Å². The smallest absolute Gasteiger partial charge is 0.169 e. The van der Waals surface area contributed by atoms with Crippen LogP contribution in [0.25, 0.3) is 10.9 Å². The van der Waals surface area contributed by atoms with E-state index in [0.29, 0.717) is 22.2 Å². The SMILES string of the molecule is O=Cc1nc(Cl)cc2[nH]cc(Cl)c12. The van der Waals surface area contributed by atoms with Gasteiger partial charge in [-0.2, -0.15) is 0 Å². The average Bonchev–Trinajstić information content (AvgIpc) is 2.46. The van der Waals surface area contributed by atoms with Crippen molar-refractivity contribution in [2.45, 2.75) is 0 Å². The molecule has 0 amide bonds. The summed E-state index contributed by atoms with van der Waals surface area (Å²) in [5.74, 6) is 0. The first-order valence-electron chi connectivity index (χ1n) is 3.50. The minimum atomic E-state index is 0.258. The van der Waals surface area contributed by atoms with Gasteiger partial charge in [0.1, 0.15) is 10.8 Å². The molecule has 13 heavy (non-hydrogen) atoms. The highest BCUT2D eigenvalue weighted by Crippen LogP contribution is 2.26. The molecule has 66 valence electrons. The van der Waals surface area contributed by atoms with Crippen molar-refractivity contribution in [3.05, 3.63) is 28.1 Å². The Morgan fingerprint density at radius 3 is 2.92 bits per heavy atom. The van der Waals surface area contributed by atoms with Crippen LogP contribution in [0.2, 0.25) is 10.2 Å². The van der Waals surface area contributed by atoms with Crippen molar-refractivity contribution in [3.8, 4) is 0 Å². The third kappa shape index (κ3) is 1.30. The molecule has 0 aromatic carbocycles. The summed E-state index contributed by atoms with van der Waals surface area (Å²) >= 11 is 11.5. The Kier molecular flexibility index (Phi) is 1.98. The lowest BCUT2D eigenvalue weighted by molar-refractivity contribution is 0.112. The van der Waals surface area contributed by atoms with Crippen molar-refractivity contribution >= 4 is 40.4 Å². The monoisotopic (exact) mass is 214 g/mol. The van der Waals surface area contributed by atoms with Crippen LogP contribution in [0.1, 0.15) is 10.5 Å². The zero-order chi connectivity index (χ0) is 9.42. The van der Waals surface area contributed by atoms with Crippen molar-refractivity contribution in [2.24, 2.45) is 0 Å². The molecule has 2 aromatic rings. The summed E-state index contributed by atoms with van der Waals surface area (Å²) in [6.45, 7) is 0. The largest absolute Gasteiger partial charge is 0.360 e. The highest BCUT2D eigenvalue weighted by Gasteiger charge is 2.09. The Morgan fingerprint density at radius 2 is 2.23 bits per heavy atom. The normalized spacial score (nSPS) is 10.6. The number of carbonyl (C=O) groups is 1. The number of pyridine rings is 1. The van der Waals surface area contributed by atoms with Crippen molar-refractivity contribution in [2.75, 3.05) is 0 Å². The van der Waals surface area contributed by atoms with E-state index in [1.807, 2.05) is 0 Å². The van der Waals surface area contributed by atoms with Gasteiger partial charge < -0.3 is 4.98 Å². The summed E-state index contributed by atoms with van der Waals surface area (Å²) in [7, 11) is 0. The van der Waals surface area contributed by atoms with E-state index in [0.717, 1.165) is 0 Å². The van der Waals surface area contributed by atoms with Gasteiger partial charge in [-0.15, -0.1) is 0 Å². The van der Waals surface area contributed by atoms with E-state index in [1.54, 1.807) is 12.3 Å². The van der Waals surface area contributed by atoms with Crippen molar-refractivity contribution < 1.29 is 4.79 Å². The third-order valence-corrected chi connectivity index (χ3v) is 2.21. The lowest BCUT2D eigenvalue weighted by atomic mass is 10.2. The molecule has 2 rings (SSSR count). The van der Waals surface area contributed by atoms with Gasteiger partial charge in [-0.3, -0.25) is 4.79 Å². The van der Waals surface area contributed by atoms with E-state index in [4.69, 9.17) is 23.2 Å².